The van der Waals surface area contributed by atoms with Crippen LogP contribution < -0.4 is 0 Å². The summed E-state index contributed by atoms with van der Waals surface area (Å²) in [4.78, 5) is 0. The lowest BCUT2D eigenvalue weighted by Gasteiger charge is -2.36. The molecule has 0 amide bonds. The van der Waals surface area contributed by atoms with Crippen molar-refractivity contribution in [2.24, 2.45) is 0 Å². The maximum atomic E-state index is 10.8. The van der Waals surface area contributed by atoms with Gasteiger partial charge in [-0.25, -0.2) is 0 Å². The smallest absolute Gasteiger partial charge is 0.119 e. The van der Waals surface area contributed by atoms with E-state index in [0.717, 1.165) is 0 Å². The molecule has 1 aromatic carbocycles. The maximum absolute atomic E-state index is 10.8. The molecule has 0 radical (unpaired) electrons. The number of aromatic hydroxyl groups is 1. The summed E-state index contributed by atoms with van der Waals surface area (Å²) in [5, 5.41) is 10.8. The number of phenolic OH excluding ortho intramolecular Hbond substituents is 1. The molecule has 31 heavy (non-hydrogen) atoms. The third-order valence-corrected chi connectivity index (χ3v) is 7.25. The summed E-state index contributed by atoms with van der Waals surface area (Å²) < 4.78 is 0. The monoisotopic (exact) mass is 430 g/mol. The van der Waals surface area contributed by atoms with Crippen molar-refractivity contribution in [1.82, 2.24) is 0 Å². The molecule has 0 saturated heterocycles. The number of hydrogen-bond acceptors (Lipinski definition) is 1. The van der Waals surface area contributed by atoms with Crippen LogP contribution in [-0.2, 0) is 5.41 Å². The van der Waals surface area contributed by atoms with E-state index >= 15 is 0 Å². The standard InChI is InChI=1S/C30H54O/c1-4-7-10-13-14-17-22-27-30(25-20-15-11-8-5-2,26-21-16-12-9-6-3)28-23-18-19-24-29(28)31/h18-19,23-24,31H,4-17,20-22,25-27H2,1-3H3. The van der Waals surface area contributed by atoms with Crippen LogP contribution in [0.5, 0.6) is 5.75 Å². The second-order valence-corrected chi connectivity index (χ2v) is 10.00. The molecule has 0 aromatic heterocycles. The van der Waals surface area contributed by atoms with Gasteiger partial charge in [0.15, 0.2) is 0 Å². The summed E-state index contributed by atoms with van der Waals surface area (Å²) >= 11 is 0. The third kappa shape index (κ3) is 12.0. The zero-order valence-electron chi connectivity index (χ0n) is 21.4. The van der Waals surface area contributed by atoms with E-state index in [9.17, 15) is 5.11 Å². The van der Waals surface area contributed by atoms with Crippen molar-refractivity contribution in [2.45, 2.75) is 155 Å². The molecule has 0 spiro atoms. The fourth-order valence-corrected chi connectivity index (χ4v) is 5.26. The molecule has 1 rings (SSSR count). The fourth-order valence-electron chi connectivity index (χ4n) is 5.26. The number of unbranched alkanes of at least 4 members (excludes halogenated alkanes) is 14. The fraction of sp³-hybridized carbons (Fsp3) is 0.800. The van der Waals surface area contributed by atoms with Gasteiger partial charge >= 0.3 is 0 Å². The van der Waals surface area contributed by atoms with Crippen molar-refractivity contribution in [3.63, 3.8) is 0 Å². The molecule has 1 nitrogen and oxygen atoms in total. The molecule has 0 fully saturated rings. The molecule has 0 bridgehead atoms. The van der Waals surface area contributed by atoms with E-state index in [-0.39, 0.29) is 5.41 Å². The molecule has 0 unspecified atom stereocenters. The molecule has 1 N–H and O–H groups in total. The minimum absolute atomic E-state index is 0.174. The second kappa shape index (κ2) is 18.6. The van der Waals surface area contributed by atoms with Crippen molar-refractivity contribution in [3.8, 4) is 5.75 Å². The molecule has 1 aromatic rings. The summed E-state index contributed by atoms with van der Waals surface area (Å²) in [7, 11) is 0. The minimum atomic E-state index is 0.174. The second-order valence-electron chi connectivity index (χ2n) is 10.00. The van der Waals surface area contributed by atoms with Gasteiger partial charge in [-0.2, -0.15) is 0 Å². The van der Waals surface area contributed by atoms with E-state index in [4.69, 9.17) is 0 Å². The Balaban J connectivity index is 2.82. The Bertz CT molecular complexity index is 507. The van der Waals surface area contributed by atoms with Gasteiger partial charge in [-0.15, -0.1) is 0 Å². The van der Waals surface area contributed by atoms with Crippen molar-refractivity contribution in [1.29, 1.82) is 0 Å². The van der Waals surface area contributed by atoms with E-state index < -0.39 is 0 Å². The number of hydrogen-bond donors (Lipinski definition) is 1. The van der Waals surface area contributed by atoms with Crippen molar-refractivity contribution in [3.05, 3.63) is 29.8 Å². The van der Waals surface area contributed by atoms with Crippen LogP contribution >= 0.6 is 0 Å². The van der Waals surface area contributed by atoms with E-state index in [0.29, 0.717) is 5.75 Å². The summed E-state index contributed by atoms with van der Waals surface area (Å²) in [5.41, 5.74) is 1.42. The van der Waals surface area contributed by atoms with Crippen molar-refractivity contribution in [2.75, 3.05) is 0 Å². The zero-order valence-corrected chi connectivity index (χ0v) is 21.4. The summed E-state index contributed by atoms with van der Waals surface area (Å²) in [6.45, 7) is 6.88. The largest absolute Gasteiger partial charge is 0.508 e. The average molecular weight is 431 g/mol. The van der Waals surface area contributed by atoms with Gasteiger partial charge in [0.05, 0.1) is 0 Å². The lowest BCUT2D eigenvalue weighted by molar-refractivity contribution is 0.289. The van der Waals surface area contributed by atoms with Crippen LogP contribution in [0.2, 0.25) is 0 Å². The Morgan fingerprint density at radius 2 is 0.871 bits per heavy atom. The molecule has 0 aliphatic rings. The SMILES string of the molecule is CCCCCCCCCC(CCCCCCC)(CCCCCCC)c1ccccc1O. The number of phenols is 1. The number of rotatable bonds is 21. The Hall–Kier alpha value is -0.980. The average Bonchev–Trinajstić information content (AvgIpc) is 2.78. The first-order valence-electron chi connectivity index (χ1n) is 14.0. The Labute approximate surface area is 195 Å². The third-order valence-electron chi connectivity index (χ3n) is 7.25. The molecular weight excluding hydrogens is 376 g/mol. The Kier molecular flexibility index (Phi) is 16.8. The predicted octanol–water partition coefficient (Wildman–Crippen LogP) is 10.5. The Morgan fingerprint density at radius 3 is 1.26 bits per heavy atom. The molecule has 1 heteroatoms. The van der Waals surface area contributed by atoms with Gasteiger partial charge in [0.2, 0.25) is 0 Å². The Morgan fingerprint density at radius 1 is 0.516 bits per heavy atom. The van der Waals surface area contributed by atoms with E-state index in [1.807, 2.05) is 12.1 Å². The molecule has 180 valence electrons. The van der Waals surface area contributed by atoms with Gasteiger partial charge < -0.3 is 5.11 Å². The van der Waals surface area contributed by atoms with Gasteiger partial charge in [-0.3, -0.25) is 0 Å². The minimum Gasteiger partial charge on any atom is -0.508 e. The van der Waals surface area contributed by atoms with Crippen LogP contribution in [0.3, 0.4) is 0 Å². The van der Waals surface area contributed by atoms with Gasteiger partial charge in [-0.05, 0) is 30.7 Å². The van der Waals surface area contributed by atoms with E-state index in [1.54, 1.807) is 0 Å². The summed E-state index contributed by atoms with van der Waals surface area (Å²) in [6.07, 6.45) is 26.6. The zero-order chi connectivity index (χ0) is 22.6. The summed E-state index contributed by atoms with van der Waals surface area (Å²) in [5.74, 6) is 0.535. The van der Waals surface area contributed by atoms with Crippen molar-refractivity contribution < 1.29 is 5.11 Å². The molecule has 0 saturated carbocycles. The van der Waals surface area contributed by atoms with Crippen molar-refractivity contribution >= 4 is 0 Å². The van der Waals surface area contributed by atoms with Gasteiger partial charge in [0.1, 0.15) is 5.75 Å². The number of benzene rings is 1. The van der Waals surface area contributed by atoms with Crippen LogP contribution in [0.15, 0.2) is 24.3 Å². The molecule has 0 heterocycles. The van der Waals surface area contributed by atoms with Gasteiger partial charge in [-0.1, -0.05) is 148 Å². The normalized spacial score (nSPS) is 11.8. The molecule has 0 aliphatic heterocycles. The predicted molar refractivity (Wildman–Crippen MR) is 139 cm³/mol. The van der Waals surface area contributed by atoms with Crippen LogP contribution in [0.1, 0.15) is 155 Å². The molecule has 0 atom stereocenters. The van der Waals surface area contributed by atoms with E-state index in [1.165, 1.54) is 134 Å². The first-order chi connectivity index (χ1) is 15.2. The lowest BCUT2D eigenvalue weighted by atomic mass is 9.69. The van der Waals surface area contributed by atoms with Gasteiger partial charge in [0.25, 0.3) is 0 Å². The highest BCUT2D eigenvalue weighted by atomic mass is 16.3. The topological polar surface area (TPSA) is 20.2 Å². The van der Waals surface area contributed by atoms with Gasteiger partial charge in [0, 0.05) is 5.56 Å². The highest BCUT2D eigenvalue weighted by Gasteiger charge is 2.32. The van der Waals surface area contributed by atoms with Crippen LogP contribution in [0.4, 0.5) is 0 Å². The van der Waals surface area contributed by atoms with Crippen LogP contribution in [0.25, 0.3) is 0 Å². The van der Waals surface area contributed by atoms with Crippen LogP contribution in [-0.4, -0.2) is 5.11 Å². The summed E-state index contributed by atoms with van der Waals surface area (Å²) in [6, 6.07) is 8.28. The quantitative estimate of drug-likeness (QED) is 0.192. The first-order valence-corrected chi connectivity index (χ1v) is 14.0. The lowest BCUT2D eigenvalue weighted by Crippen LogP contribution is -2.27. The highest BCUT2D eigenvalue weighted by molar-refractivity contribution is 5.38. The maximum Gasteiger partial charge on any atom is 0.119 e. The van der Waals surface area contributed by atoms with Crippen LogP contribution in [0, 0.1) is 0 Å². The number of para-hydroxylation sites is 1. The highest BCUT2D eigenvalue weighted by Crippen LogP contribution is 2.44. The molecular formula is C30H54O. The van der Waals surface area contributed by atoms with E-state index in [2.05, 4.69) is 32.9 Å². The molecule has 0 aliphatic carbocycles. The first kappa shape index (κ1) is 28.1.